The number of aryl methyl sites for hydroxylation is 1. The third-order valence-electron chi connectivity index (χ3n) is 4.04. The fourth-order valence-corrected chi connectivity index (χ4v) is 2.77. The summed E-state index contributed by atoms with van der Waals surface area (Å²) in [4.78, 5) is 2.19. The molecule has 3 heteroatoms. The molecule has 0 unspecified atom stereocenters. The summed E-state index contributed by atoms with van der Waals surface area (Å²) >= 11 is 0. The predicted octanol–water partition coefficient (Wildman–Crippen LogP) is 2.09. The van der Waals surface area contributed by atoms with Gasteiger partial charge in [-0.3, -0.25) is 4.90 Å². The summed E-state index contributed by atoms with van der Waals surface area (Å²) in [5.41, 5.74) is 1.71. The highest BCUT2D eigenvalue weighted by Gasteiger charge is 2.51. The molecular weight excluding hydrogens is 217 g/mol. The van der Waals surface area contributed by atoms with Gasteiger partial charge in [-0.2, -0.15) is 0 Å². The van der Waals surface area contributed by atoms with Crippen LogP contribution < -0.4 is 0 Å². The number of benzene rings is 1. The molecule has 1 aromatic carbocycles. The van der Waals surface area contributed by atoms with Crippen LogP contribution in [-0.2, 0) is 6.54 Å². The van der Waals surface area contributed by atoms with Crippen LogP contribution in [0.15, 0.2) is 18.2 Å². The lowest BCUT2D eigenvalue weighted by molar-refractivity contribution is -0.116. The Balaban J connectivity index is 1.63. The first-order chi connectivity index (χ1) is 8.07. The maximum atomic E-state index is 13.1. The van der Waals surface area contributed by atoms with Crippen LogP contribution in [0, 0.1) is 18.7 Å². The van der Waals surface area contributed by atoms with Gasteiger partial charge in [0, 0.05) is 19.6 Å². The van der Waals surface area contributed by atoms with Crippen molar-refractivity contribution in [3.63, 3.8) is 0 Å². The third-order valence-corrected chi connectivity index (χ3v) is 4.04. The van der Waals surface area contributed by atoms with Crippen molar-refractivity contribution in [3.8, 4) is 0 Å². The number of rotatable bonds is 3. The van der Waals surface area contributed by atoms with E-state index in [0.717, 1.165) is 30.8 Å². The Hall–Kier alpha value is -0.930. The van der Waals surface area contributed by atoms with Crippen molar-refractivity contribution < 1.29 is 9.50 Å². The lowest BCUT2D eigenvalue weighted by Crippen LogP contribution is -2.62. The second-order valence-corrected chi connectivity index (χ2v) is 5.59. The Kier molecular flexibility index (Phi) is 2.49. The molecule has 2 aliphatic rings. The minimum atomic E-state index is -0.443. The Morgan fingerprint density at radius 3 is 2.76 bits per heavy atom. The Bertz CT molecular complexity index is 436. The van der Waals surface area contributed by atoms with E-state index in [1.807, 2.05) is 13.0 Å². The van der Waals surface area contributed by atoms with E-state index in [2.05, 4.69) is 4.90 Å². The summed E-state index contributed by atoms with van der Waals surface area (Å²) in [6.45, 7) is 4.24. The lowest BCUT2D eigenvalue weighted by Gasteiger charge is -2.47. The van der Waals surface area contributed by atoms with Gasteiger partial charge in [0.15, 0.2) is 0 Å². The van der Waals surface area contributed by atoms with E-state index >= 15 is 0 Å². The highest BCUT2D eigenvalue weighted by atomic mass is 19.1. The minimum absolute atomic E-state index is 0.177. The zero-order chi connectivity index (χ0) is 12.0. The summed E-state index contributed by atoms with van der Waals surface area (Å²) < 4.78 is 13.1. The van der Waals surface area contributed by atoms with Crippen LogP contribution in [0.5, 0.6) is 0 Å². The van der Waals surface area contributed by atoms with E-state index in [1.54, 1.807) is 6.07 Å². The molecule has 0 bridgehead atoms. The molecule has 1 aliphatic carbocycles. The number of nitrogens with zero attached hydrogens (tertiary/aromatic N) is 1. The average molecular weight is 235 g/mol. The Morgan fingerprint density at radius 1 is 1.41 bits per heavy atom. The smallest absolute Gasteiger partial charge is 0.123 e. The van der Waals surface area contributed by atoms with Crippen molar-refractivity contribution in [3.05, 3.63) is 35.1 Å². The van der Waals surface area contributed by atoms with Crippen molar-refractivity contribution in [1.82, 2.24) is 4.90 Å². The molecule has 0 aromatic heterocycles. The molecule has 1 N–H and O–H groups in total. The topological polar surface area (TPSA) is 23.5 Å². The molecule has 1 saturated heterocycles. The highest BCUT2D eigenvalue weighted by Crippen LogP contribution is 2.44. The van der Waals surface area contributed by atoms with Crippen molar-refractivity contribution in [1.29, 1.82) is 0 Å². The molecule has 2 nitrogen and oxygen atoms in total. The zero-order valence-electron chi connectivity index (χ0n) is 10.1. The molecule has 1 aliphatic heterocycles. The van der Waals surface area contributed by atoms with Gasteiger partial charge in [-0.25, -0.2) is 4.39 Å². The molecule has 0 amide bonds. The average Bonchev–Trinajstić information content (AvgIpc) is 3.04. The maximum Gasteiger partial charge on any atom is 0.123 e. The fraction of sp³-hybridized carbons (Fsp3) is 0.571. The van der Waals surface area contributed by atoms with Crippen LogP contribution in [0.3, 0.4) is 0 Å². The molecule has 0 radical (unpaired) electrons. The van der Waals surface area contributed by atoms with Crippen LogP contribution in [0.25, 0.3) is 0 Å². The predicted molar refractivity (Wildman–Crippen MR) is 64.1 cm³/mol. The quantitative estimate of drug-likeness (QED) is 0.867. The SMILES string of the molecule is Cc1ccc(F)cc1CN1CC(O)(C2CC2)C1. The molecule has 2 fully saturated rings. The number of likely N-dealkylation sites (tertiary alicyclic amines) is 1. The van der Waals surface area contributed by atoms with Gasteiger partial charge in [0.05, 0.1) is 5.60 Å². The van der Waals surface area contributed by atoms with Gasteiger partial charge in [0.2, 0.25) is 0 Å². The van der Waals surface area contributed by atoms with E-state index in [4.69, 9.17) is 0 Å². The molecule has 1 heterocycles. The molecule has 1 saturated carbocycles. The standard InChI is InChI=1S/C14H18FNO/c1-10-2-5-13(15)6-11(10)7-16-8-14(17,9-16)12-3-4-12/h2,5-6,12,17H,3-4,7-9H2,1H3. The number of β-amino-alcohol motifs (C(OH)–C–C–N with tert-alkyl or cyclic N) is 1. The van der Waals surface area contributed by atoms with Crippen molar-refractivity contribution in [2.75, 3.05) is 13.1 Å². The highest BCUT2D eigenvalue weighted by molar-refractivity contribution is 5.27. The van der Waals surface area contributed by atoms with Crippen molar-refractivity contribution in [2.45, 2.75) is 31.9 Å². The van der Waals surface area contributed by atoms with E-state index in [1.165, 1.54) is 18.9 Å². The van der Waals surface area contributed by atoms with Gasteiger partial charge in [0.1, 0.15) is 5.82 Å². The molecular formula is C14H18FNO. The van der Waals surface area contributed by atoms with Gasteiger partial charge in [-0.15, -0.1) is 0 Å². The van der Waals surface area contributed by atoms with E-state index in [-0.39, 0.29) is 5.82 Å². The van der Waals surface area contributed by atoms with Gasteiger partial charge in [-0.05, 0) is 48.9 Å². The first-order valence-electron chi connectivity index (χ1n) is 6.27. The van der Waals surface area contributed by atoms with Crippen LogP contribution in [0.1, 0.15) is 24.0 Å². The Labute approximate surface area is 101 Å². The monoisotopic (exact) mass is 235 g/mol. The lowest BCUT2D eigenvalue weighted by atomic mass is 9.88. The number of hydrogen-bond donors (Lipinski definition) is 1. The molecule has 0 atom stereocenters. The second kappa shape index (κ2) is 3.79. The number of hydrogen-bond acceptors (Lipinski definition) is 2. The second-order valence-electron chi connectivity index (χ2n) is 5.59. The number of aliphatic hydroxyl groups is 1. The fourth-order valence-electron chi connectivity index (χ4n) is 2.77. The van der Waals surface area contributed by atoms with E-state index in [9.17, 15) is 9.50 Å². The summed E-state index contributed by atoms with van der Waals surface area (Å²) in [6, 6.07) is 4.91. The molecule has 3 rings (SSSR count). The third kappa shape index (κ3) is 2.09. The largest absolute Gasteiger partial charge is 0.387 e. The molecule has 0 spiro atoms. The van der Waals surface area contributed by atoms with E-state index in [0.29, 0.717) is 5.92 Å². The summed E-state index contributed by atoms with van der Waals surface area (Å²) in [5.74, 6) is 0.343. The Morgan fingerprint density at radius 2 is 2.12 bits per heavy atom. The molecule has 17 heavy (non-hydrogen) atoms. The van der Waals surface area contributed by atoms with Gasteiger partial charge in [-0.1, -0.05) is 6.07 Å². The van der Waals surface area contributed by atoms with E-state index < -0.39 is 5.60 Å². The van der Waals surface area contributed by atoms with Crippen LogP contribution in [-0.4, -0.2) is 28.7 Å². The zero-order valence-corrected chi connectivity index (χ0v) is 10.1. The number of halogens is 1. The molecule has 1 aromatic rings. The van der Waals surface area contributed by atoms with Crippen LogP contribution in [0.4, 0.5) is 4.39 Å². The summed E-state index contributed by atoms with van der Waals surface area (Å²) in [5, 5.41) is 10.2. The van der Waals surface area contributed by atoms with Gasteiger partial charge >= 0.3 is 0 Å². The maximum absolute atomic E-state index is 13.1. The molecule has 92 valence electrons. The first-order valence-corrected chi connectivity index (χ1v) is 6.27. The van der Waals surface area contributed by atoms with Crippen molar-refractivity contribution in [2.24, 2.45) is 5.92 Å². The normalized spacial score (nSPS) is 23.5. The summed E-state index contributed by atoms with van der Waals surface area (Å²) in [7, 11) is 0. The van der Waals surface area contributed by atoms with Crippen LogP contribution >= 0.6 is 0 Å². The van der Waals surface area contributed by atoms with Crippen LogP contribution in [0.2, 0.25) is 0 Å². The minimum Gasteiger partial charge on any atom is -0.387 e. The first kappa shape index (κ1) is 11.2. The summed E-state index contributed by atoms with van der Waals surface area (Å²) in [6.07, 6.45) is 2.34. The van der Waals surface area contributed by atoms with Gasteiger partial charge < -0.3 is 5.11 Å². The van der Waals surface area contributed by atoms with Gasteiger partial charge in [0.25, 0.3) is 0 Å². The van der Waals surface area contributed by atoms with Crippen molar-refractivity contribution >= 4 is 0 Å².